The zero-order chi connectivity index (χ0) is 15.1. The highest BCUT2D eigenvalue weighted by Gasteiger charge is 2.22. The van der Waals surface area contributed by atoms with Gasteiger partial charge < -0.3 is 4.90 Å². The molecule has 1 fully saturated rings. The van der Waals surface area contributed by atoms with Crippen molar-refractivity contribution in [3.8, 4) is 0 Å². The Hall–Kier alpha value is -1.68. The predicted molar refractivity (Wildman–Crippen MR) is 90.7 cm³/mol. The molecule has 3 heterocycles. The molecule has 4 nitrogen and oxygen atoms in total. The van der Waals surface area contributed by atoms with Crippen LogP contribution in [0, 0.1) is 5.92 Å². The Morgan fingerprint density at radius 1 is 1.23 bits per heavy atom. The van der Waals surface area contributed by atoms with E-state index >= 15 is 0 Å². The van der Waals surface area contributed by atoms with Crippen molar-refractivity contribution in [2.45, 2.75) is 32.2 Å². The van der Waals surface area contributed by atoms with Gasteiger partial charge in [-0.1, -0.05) is 13.0 Å². The molecule has 1 saturated heterocycles. The zero-order valence-corrected chi connectivity index (χ0v) is 13.5. The summed E-state index contributed by atoms with van der Waals surface area (Å²) in [4.78, 5) is 7.14. The number of hydrogen-bond acceptors (Lipinski definition) is 3. The maximum absolute atomic E-state index is 4.78. The smallest absolute Gasteiger partial charge is 0.0923 e. The van der Waals surface area contributed by atoms with Gasteiger partial charge >= 0.3 is 0 Å². The lowest BCUT2D eigenvalue weighted by atomic mass is 9.95. The number of aromatic nitrogens is 2. The SMILES string of the molecule is CC1CCC(c2ccc3nn(C4CCN(C)C4)cc3c2)=NC1. The lowest BCUT2D eigenvalue weighted by molar-refractivity contribution is 0.383. The fourth-order valence-electron chi connectivity index (χ4n) is 3.59. The number of likely N-dealkylation sites (N-methyl/N-ethyl adjacent to an activating group) is 1. The lowest BCUT2D eigenvalue weighted by Gasteiger charge is -2.17. The minimum atomic E-state index is 0.522. The minimum Gasteiger partial charge on any atom is -0.304 e. The van der Waals surface area contributed by atoms with Crippen molar-refractivity contribution in [2.75, 3.05) is 26.7 Å². The molecule has 4 heteroatoms. The van der Waals surface area contributed by atoms with E-state index in [1.807, 2.05) is 0 Å². The molecule has 0 amide bonds. The highest BCUT2D eigenvalue weighted by atomic mass is 15.3. The Labute approximate surface area is 131 Å². The van der Waals surface area contributed by atoms with E-state index in [2.05, 4.69) is 47.9 Å². The highest BCUT2D eigenvalue weighted by Crippen LogP contribution is 2.25. The van der Waals surface area contributed by atoms with Crippen LogP contribution in [0.1, 0.15) is 37.8 Å². The summed E-state index contributed by atoms with van der Waals surface area (Å²) in [6, 6.07) is 7.14. The van der Waals surface area contributed by atoms with Gasteiger partial charge in [0, 0.05) is 30.4 Å². The third kappa shape index (κ3) is 2.56. The molecule has 116 valence electrons. The summed E-state index contributed by atoms with van der Waals surface area (Å²) in [5, 5.41) is 6.02. The fourth-order valence-corrected chi connectivity index (χ4v) is 3.59. The molecule has 22 heavy (non-hydrogen) atoms. The highest BCUT2D eigenvalue weighted by molar-refractivity contribution is 6.03. The number of likely N-dealkylation sites (tertiary alicyclic amines) is 1. The third-order valence-corrected chi connectivity index (χ3v) is 5.06. The second-order valence-electron chi connectivity index (χ2n) is 7.02. The molecule has 2 aromatic rings. The molecule has 2 aliphatic heterocycles. The number of benzene rings is 1. The van der Waals surface area contributed by atoms with Crippen LogP contribution < -0.4 is 0 Å². The standard InChI is InChI=1S/C18H24N4/c1-13-3-5-17(19-10-13)14-4-6-18-15(9-14)11-22(20-18)16-7-8-21(2)12-16/h4,6,9,11,13,16H,3,5,7-8,10,12H2,1-2H3. The first-order valence-corrected chi connectivity index (χ1v) is 8.40. The monoisotopic (exact) mass is 296 g/mol. The van der Waals surface area contributed by atoms with Crippen LogP contribution >= 0.6 is 0 Å². The average Bonchev–Trinajstić information content (AvgIpc) is 3.13. The maximum Gasteiger partial charge on any atom is 0.0923 e. The average molecular weight is 296 g/mol. The Morgan fingerprint density at radius 2 is 2.14 bits per heavy atom. The molecular formula is C18H24N4. The Bertz CT molecular complexity index is 715. The third-order valence-electron chi connectivity index (χ3n) is 5.06. The van der Waals surface area contributed by atoms with Gasteiger partial charge in [0.25, 0.3) is 0 Å². The molecule has 0 radical (unpaired) electrons. The molecule has 0 spiro atoms. The number of hydrogen-bond donors (Lipinski definition) is 0. The molecule has 0 saturated carbocycles. The molecule has 2 aliphatic rings. The van der Waals surface area contributed by atoms with Gasteiger partial charge in [0.05, 0.1) is 11.6 Å². The van der Waals surface area contributed by atoms with E-state index in [4.69, 9.17) is 10.1 Å². The molecule has 0 aliphatic carbocycles. The van der Waals surface area contributed by atoms with Gasteiger partial charge in [0.1, 0.15) is 0 Å². The van der Waals surface area contributed by atoms with E-state index in [1.54, 1.807) is 0 Å². The zero-order valence-electron chi connectivity index (χ0n) is 13.5. The Balaban J connectivity index is 1.64. The van der Waals surface area contributed by atoms with Crippen LogP contribution in [0.2, 0.25) is 0 Å². The second-order valence-corrected chi connectivity index (χ2v) is 7.02. The minimum absolute atomic E-state index is 0.522. The molecule has 1 aromatic carbocycles. The lowest BCUT2D eigenvalue weighted by Crippen LogP contribution is -2.16. The van der Waals surface area contributed by atoms with E-state index in [0.717, 1.165) is 30.9 Å². The van der Waals surface area contributed by atoms with Gasteiger partial charge in [0.15, 0.2) is 0 Å². The van der Waals surface area contributed by atoms with E-state index < -0.39 is 0 Å². The Morgan fingerprint density at radius 3 is 2.86 bits per heavy atom. The molecule has 4 rings (SSSR count). The maximum atomic E-state index is 4.78. The van der Waals surface area contributed by atoms with Crippen LogP contribution in [-0.2, 0) is 0 Å². The summed E-state index contributed by atoms with van der Waals surface area (Å²) in [5.41, 5.74) is 3.65. The number of aliphatic imine (C=N–C) groups is 1. The number of fused-ring (bicyclic) bond motifs is 1. The predicted octanol–water partition coefficient (Wildman–Crippen LogP) is 3.13. The van der Waals surface area contributed by atoms with Gasteiger partial charge in [-0.25, -0.2) is 0 Å². The van der Waals surface area contributed by atoms with Gasteiger partial charge in [-0.3, -0.25) is 9.67 Å². The molecule has 0 bridgehead atoms. The van der Waals surface area contributed by atoms with Gasteiger partial charge in [0.2, 0.25) is 0 Å². The first-order valence-electron chi connectivity index (χ1n) is 8.40. The van der Waals surface area contributed by atoms with Crippen LogP contribution in [0.25, 0.3) is 10.9 Å². The first-order chi connectivity index (χ1) is 10.7. The summed E-state index contributed by atoms with van der Waals surface area (Å²) < 4.78 is 2.17. The normalized spacial score (nSPS) is 26.5. The fraction of sp³-hybridized carbons (Fsp3) is 0.556. The first kappa shape index (κ1) is 13.9. The topological polar surface area (TPSA) is 33.4 Å². The van der Waals surface area contributed by atoms with Crippen molar-refractivity contribution in [3.05, 3.63) is 30.0 Å². The van der Waals surface area contributed by atoms with Crippen LogP contribution in [0.15, 0.2) is 29.4 Å². The number of nitrogens with zero attached hydrogens (tertiary/aromatic N) is 4. The molecule has 2 unspecified atom stereocenters. The summed E-state index contributed by atoms with van der Waals surface area (Å²) in [6.45, 7) is 5.53. The van der Waals surface area contributed by atoms with Gasteiger partial charge in [-0.2, -0.15) is 5.10 Å². The summed E-state index contributed by atoms with van der Waals surface area (Å²) in [7, 11) is 2.18. The molecule has 1 aromatic heterocycles. The second kappa shape index (κ2) is 5.51. The molecule has 2 atom stereocenters. The van der Waals surface area contributed by atoms with Crippen LogP contribution in [0.3, 0.4) is 0 Å². The van der Waals surface area contributed by atoms with Crippen molar-refractivity contribution in [1.82, 2.24) is 14.7 Å². The van der Waals surface area contributed by atoms with Crippen LogP contribution in [0.4, 0.5) is 0 Å². The summed E-state index contributed by atoms with van der Waals surface area (Å²) >= 11 is 0. The summed E-state index contributed by atoms with van der Waals surface area (Å²) in [5.74, 6) is 0.731. The van der Waals surface area contributed by atoms with Gasteiger partial charge in [-0.05, 0) is 56.5 Å². The van der Waals surface area contributed by atoms with Crippen molar-refractivity contribution in [1.29, 1.82) is 0 Å². The van der Waals surface area contributed by atoms with Crippen molar-refractivity contribution in [2.24, 2.45) is 10.9 Å². The van der Waals surface area contributed by atoms with E-state index in [-0.39, 0.29) is 0 Å². The van der Waals surface area contributed by atoms with Crippen molar-refractivity contribution < 1.29 is 0 Å². The van der Waals surface area contributed by atoms with Crippen molar-refractivity contribution in [3.63, 3.8) is 0 Å². The number of rotatable bonds is 2. The summed E-state index contributed by atoms with van der Waals surface area (Å²) in [6.07, 6.45) is 5.77. The van der Waals surface area contributed by atoms with E-state index in [9.17, 15) is 0 Å². The van der Waals surface area contributed by atoms with Crippen molar-refractivity contribution >= 4 is 16.6 Å². The van der Waals surface area contributed by atoms with E-state index in [0.29, 0.717) is 6.04 Å². The molecular weight excluding hydrogens is 272 g/mol. The quantitative estimate of drug-likeness (QED) is 0.853. The van der Waals surface area contributed by atoms with Crippen LogP contribution in [-0.4, -0.2) is 47.1 Å². The van der Waals surface area contributed by atoms with Crippen LogP contribution in [0.5, 0.6) is 0 Å². The van der Waals surface area contributed by atoms with Gasteiger partial charge in [-0.15, -0.1) is 0 Å². The van der Waals surface area contributed by atoms with E-state index in [1.165, 1.54) is 36.0 Å². The largest absolute Gasteiger partial charge is 0.304 e. The Kier molecular flexibility index (Phi) is 3.49. The molecule has 0 N–H and O–H groups in total.